The lowest BCUT2D eigenvalue weighted by molar-refractivity contribution is 0.604. The summed E-state index contributed by atoms with van der Waals surface area (Å²) < 4.78 is 12.9. The predicted molar refractivity (Wildman–Crippen MR) is 92.0 cm³/mol. The van der Waals surface area contributed by atoms with Crippen LogP contribution in [0.4, 0.5) is 22.0 Å². The topological polar surface area (TPSA) is 104 Å². The zero-order valence-electron chi connectivity index (χ0n) is 14.2. The molecule has 3 rings (SSSR count). The quantitative estimate of drug-likeness (QED) is 0.632. The number of halogens is 1. The van der Waals surface area contributed by atoms with Crippen LogP contribution >= 0.6 is 0 Å². The third-order valence-electron chi connectivity index (χ3n) is 3.60. The third kappa shape index (κ3) is 4.06. The Kier molecular flexibility index (Phi) is 4.82. The zero-order chi connectivity index (χ0) is 17.8. The summed E-state index contributed by atoms with van der Waals surface area (Å²) in [4.78, 5) is 16.7. The molecule has 9 heteroatoms. The van der Waals surface area contributed by atoms with Crippen LogP contribution in [0.5, 0.6) is 0 Å². The van der Waals surface area contributed by atoms with Crippen LogP contribution in [0.1, 0.15) is 37.0 Å². The first kappa shape index (κ1) is 16.7. The van der Waals surface area contributed by atoms with E-state index < -0.39 is 5.82 Å². The molecule has 0 fully saturated rings. The van der Waals surface area contributed by atoms with E-state index in [1.807, 2.05) is 26.8 Å². The molecule has 0 bridgehead atoms. The van der Waals surface area contributed by atoms with E-state index >= 15 is 0 Å². The Morgan fingerprint density at radius 2 is 1.96 bits per heavy atom. The van der Waals surface area contributed by atoms with Crippen LogP contribution in [0.2, 0.25) is 0 Å². The van der Waals surface area contributed by atoms with E-state index in [0.29, 0.717) is 23.4 Å². The van der Waals surface area contributed by atoms with Gasteiger partial charge in [0.2, 0.25) is 5.95 Å². The summed E-state index contributed by atoms with van der Waals surface area (Å²) in [6.07, 6.45) is 4.85. The molecule has 1 atom stereocenters. The van der Waals surface area contributed by atoms with Crippen molar-refractivity contribution >= 4 is 17.6 Å². The van der Waals surface area contributed by atoms with Gasteiger partial charge in [0.1, 0.15) is 11.6 Å². The number of rotatable bonds is 6. The highest BCUT2D eigenvalue weighted by Gasteiger charge is 2.12. The first-order valence-electron chi connectivity index (χ1n) is 7.94. The van der Waals surface area contributed by atoms with E-state index in [1.165, 1.54) is 0 Å². The number of aromatic nitrogens is 6. The fraction of sp³-hybridized carbons (Fsp3) is 0.312. The van der Waals surface area contributed by atoms with E-state index in [9.17, 15) is 4.39 Å². The van der Waals surface area contributed by atoms with Crippen molar-refractivity contribution in [1.82, 2.24) is 30.1 Å². The second-order valence-electron chi connectivity index (χ2n) is 5.61. The lowest BCUT2D eigenvalue weighted by atomic mass is 10.3. The summed E-state index contributed by atoms with van der Waals surface area (Å²) in [7, 11) is 0. The molecule has 8 nitrogen and oxygen atoms in total. The molecule has 0 amide bonds. The first-order chi connectivity index (χ1) is 12.0. The summed E-state index contributed by atoms with van der Waals surface area (Å²) in [5.41, 5.74) is 1.92. The SMILES string of the molecule is CCc1cc(Nc2nc(N[C@@H](C)c3ncc(F)cn3)ncc2C)n[nH]1. The zero-order valence-corrected chi connectivity index (χ0v) is 14.2. The molecule has 0 aliphatic carbocycles. The molecule has 0 unspecified atom stereocenters. The molecular weight excluding hydrogens is 323 g/mol. The van der Waals surface area contributed by atoms with E-state index in [1.54, 1.807) is 6.20 Å². The van der Waals surface area contributed by atoms with Crippen molar-refractivity contribution in [2.24, 2.45) is 0 Å². The number of hydrogen-bond donors (Lipinski definition) is 3. The highest BCUT2D eigenvalue weighted by atomic mass is 19.1. The summed E-state index contributed by atoms with van der Waals surface area (Å²) in [5, 5.41) is 13.4. The predicted octanol–water partition coefficient (Wildman–Crippen LogP) is 2.92. The highest BCUT2D eigenvalue weighted by molar-refractivity contribution is 5.57. The van der Waals surface area contributed by atoms with Crippen LogP contribution in [0.3, 0.4) is 0 Å². The molecule has 3 heterocycles. The van der Waals surface area contributed by atoms with Crippen molar-refractivity contribution in [1.29, 1.82) is 0 Å². The van der Waals surface area contributed by atoms with Gasteiger partial charge >= 0.3 is 0 Å². The minimum absolute atomic E-state index is 0.270. The monoisotopic (exact) mass is 342 g/mol. The van der Waals surface area contributed by atoms with Gasteiger partial charge < -0.3 is 10.6 Å². The van der Waals surface area contributed by atoms with Crippen molar-refractivity contribution < 1.29 is 4.39 Å². The minimum atomic E-state index is -0.473. The Hall–Kier alpha value is -3.10. The van der Waals surface area contributed by atoms with E-state index in [4.69, 9.17) is 0 Å². The van der Waals surface area contributed by atoms with E-state index in [-0.39, 0.29) is 6.04 Å². The number of aryl methyl sites for hydroxylation is 2. The van der Waals surface area contributed by atoms with Crippen LogP contribution in [0.25, 0.3) is 0 Å². The molecule has 0 saturated heterocycles. The van der Waals surface area contributed by atoms with Gasteiger partial charge in [0.15, 0.2) is 11.6 Å². The van der Waals surface area contributed by atoms with Crippen LogP contribution < -0.4 is 10.6 Å². The first-order valence-corrected chi connectivity index (χ1v) is 7.94. The smallest absolute Gasteiger partial charge is 0.225 e. The Balaban J connectivity index is 1.75. The highest BCUT2D eigenvalue weighted by Crippen LogP contribution is 2.20. The number of nitrogens with zero attached hydrogens (tertiary/aromatic N) is 5. The van der Waals surface area contributed by atoms with Gasteiger partial charge in [-0.3, -0.25) is 5.10 Å². The molecule has 25 heavy (non-hydrogen) atoms. The summed E-state index contributed by atoms with van der Waals surface area (Å²) in [6.45, 7) is 5.81. The molecular formula is C16H19FN8. The molecule has 3 N–H and O–H groups in total. The average molecular weight is 342 g/mol. The lowest BCUT2D eigenvalue weighted by Crippen LogP contribution is -2.13. The molecule has 3 aromatic rings. The maximum Gasteiger partial charge on any atom is 0.225 e. The van der Waals surface area contributed by atoms with Gasteiger partial charge in [-0.2, -0.15) is 10.1 Å². The van der Waals surface area contributed by atoms with Gasteiger partial charge in [0.25, 0.3) is 0 Å². The van der Waals surface area contributed by atoms with Crippen molar-refractivity contribution in [2.45, 2.75) is 33.2 Å². The van der Waals surface area contributed by atoms with Gasteiger partial charge in [0.05, 0.1) is 18.4 Å². The minimum Gasteiger partial charge on any atom is -0.344 e. The van der Waals surface area contributed by atoms with Crippen LogP contribution in [-0.2, 0) is 6.42 Å². The third-order valence-corrected chi connectivity index (χ3v) is 3.60. The normalized spacial score (nSPS) is 12.0. The summed E-state index contributed by atoms with van der Waals surface area (Å²) >= 11 is 0. The van der Waals surface area contributed by atoms with Gasteiger partial charge in [-0.25, -0.2) is 19.3 Å². The Labute approximate surface area is 144 Å². The van der Waals surface area contributed by atoms with Crippen molar-refractivity contribution in [2.75, 3.05) is 10.6 Å². The van der Waals surface area contributed by atoms with Crippen molar-refractivity contribution in [3.63, 3.8) is 0 Å². The Morgan fingerprint density at radius 1 is 1.20 bits per heavy atom. The van der Waals surface area contributed by atoms with Gasteiger partial charge in [-0.15, -0.1) is 0 Å². The fourth-order valence-electron chi connectivity index (χ4n) is 2.17. The Morgan fingerprint density at radius 3 is 2.64 bits per heavy atom. The molecule has 0 aromatic carbocycles. The second kappa shape index (κ2) is 7.20. The molecule has 0 aliphatic rings. The molecule has 130 valence electrons. The molecule has 3 aromatic heterocycles. The molecule has 0 saturated carbocycles. The van der Waals surface area contributed by atoms with Crippen molar-refractivity contribution in [3.8, 4) is 0 Å². The molecule has 0 aliphatic heterocycles. The molecule has 0 radical (unpaired) electrons. The summed E-state index contributed by atoms with van der Waals surface area (Å²) in [5.74, 6) is 1.75. The second-order valence-corrected chi connectivity index (χ2v) is 5.61. The fourth-order valence-corrected chi connectivity index (χ4v) is 2.17. The van der Waals surface area contributed by atoms with Gasteiger partial charge in [-0.1, -0.05) is 6.92 Å². The van der Waals surface area contributed by atoms with Crippen LogP contribution in [-0.4, -0.2) is 30.1 Å². The van der Waals surface area contributed by atoms with Crippen LogP contribution in [0.15, 0.2) is 24.7 Å². The number of nitrogens with one attached hydrogen (secondary N) is 3. The molecule has 0 spiro atoms. The summed E-state index contributed by atoms with van der Waals surface area (Å²) in [6, 6.07) is 1.66. The number of aromatic amines is 1. The number of H-pyrrole nitrogens is 1. The van der Waals surface area contributed by atoms with Crippen LogP contribution in [0, 0.1) is 12.7 Å². The largest absolute Gasteiger partial charge is 0.344 e. The number of hydrogen-bond acceptors (Lipinski definition) is 7. The average Bonchev–Trinajstić information content (AvgIpc) is 3.06. The lowest BCUT2D eigenvalue weighted by Gasteiger charge is -2.14. The maximum absolute atomic E-state index is 12.9. The standard InChI is InChI=1S/C16H19FN8/c1-4-12-5-13(25-24-12)22-14-9(2)6-20-16(23-14)21-10(3)15-18-7-11(17)8-19-15/h5-8,10H,4H2,1-3H3,(H3,20,21,22,23,24,25)/t10-/m0/s1. The van der Waals surface area contributed by atoms with Crippen molar-refractivity contribution in [3.05, 3.63) is 47.6 Å². The van der Waals surface area contributed by atoms with Gasteiger partial charge in [0, 0.05) is 23.5 Å². The van der Waals surface area contributed by atoms with Gasteiger partial charge in [-0.05, 0) is 20.3 Å². The van der Waals surface area contributed by atoms with E-state index in [0.717, 1.165) is 30.1 Å². The maximum atomic E-state index is 12.9. The van der Waals surface area contributed by atoms with E-state index in [2.05, 4.69) is 40.8 Å². The Bertz CT molecular complexity index is 846. The number of anilines is 3.